The molecule has 0 heterocycles. The predicted molar refractivity (Wildman–Crippen MR) is 74.0 cm³/mol. The minimum Gasteiger partial charge on any atom is -0.490 e. The molecule has 1 saturated carbocycles. The average Bonchev–Trinajstić information content (AvgIpc) is 2.36. The van der Waals surface area contributed by atoms with Gasteiger partial charge in [-0.05, 0) is 56.4 Å². The van der Waals surface area contributed by atoms with Crippen molar-refractivity contribution in [1.82, 2.24) is 0 Å². The first-order valence-corrected chi connectivity index (χ1v) is 6.66. The van der Waals surface area contributed by atoms with Crippen LogP contribution in [0.4, 0.5) is 5.69 Å². The van der Waals surface area contributed by atoms with Crippen LogP contribution in [0.15, 0.2) is 12.1 Å². The highest BCUT2D eigenvalue weighted by atomic mass is 16.5. The highest BCUT2D eigenvalue weighted by Gasteiger charge is 2.23. The quantitative estimate of drug-likeness (QED) is 0.836. The highest BCUT2D eigenvalue weighted by Crippen LogP contribution is 2.29. The molecule has 0 saturated heterocycles. The molecule has 0 radical (unpaired) electrons. The van der Waals surface area contributed by atoms with Crippen LogP contribution < -0.4 is 10.5 Å². The first-order chi connectivity index (χ1) is 8.60. The lowest BCUT2D eigenvalue weighted by Crippen LogP contribution is -2.29. The summed E-state index contributed by atoms with van der Waals surface area (Å²) in [5.41, 5.74) is 8.91. The molecule has 1 aromatic carbocycles. The maximum absolute atomic E-state index is 6.12. The van der Waals surface area contributed by atoms with Crippen molar-refractivity contribution >= 4 is 5.69 Å². The van der Waals surface area contributed by atoms with Crippen LogP contribution in [0.25, 0.3) is 0 Å². The minimum absolute atomic E-state index is 0.269. The molecule has 1 aliphatic rings. The minimum atomic E-state index is 0.269. The molecule has 1 aliphatic carbocycles. The van der Waals surface area contributed by atoms with E-state index in [0.717, 1.165) is 41.8 Å². The lowest BCUT2D eigenvalue weighted by atomic mass is 9.95. The van der Waals surface area contributed by atoms with Crippen molar-refractivity contribution in [2.75, 3.05) is 12.8 Å². The topological polar surface area (TPSA) is 44.5 Å². The van der Waals surface area contributed by atoms with Crippen LogP contribution in [-0.4, -0.2) is 19.3 Å². The summed E-state index contributed by atoms with van der Waals surface area (Å²) in [7, 11) is 1.78. The number of benzene rings is 1. The van der Waals surface area contributed by atoms with Crippen LogP contribution in [0, 0.1) is 13.8 Å². The molecule has 1 aromatic rings. The van der Waals surface area contributed by atoms with Gasteiger partial charge in [-0.1, -0.05) is 0 Å². The lowest BCUT2D eigenvalue weighted by molar-refractivity contribution is 0.0207. The third kappa shape index (κ3) is 2.96. The van der Waals surface area contributed by atoms with Crippen LogP contribution in [0.1, 0.15) is 36.8 Å². The van der Waals surface area contributed by atoms with E-state index in [1.54, 1.807) is 7.11 Å². The van der Waals surface area contributed by atoms with E-state index in [2.05, 4.69) is 0 Å². The van der Waals surface area contributed by atoms with Gasteiger partial charge in [-0.3, -0.25) is 0 Å². The molecule has 3 nitrogen and oxygen atoms in total. The van der Waals surface area contributed by atoms with Gasteiger partial charge in [-0.25, -0.2) is 0 Å². The Morgan fingerprint density at radius 2 is 1.83 bits per heavy atom. The fourth-order valence-corrected chi connectivity index (χ4v) is 2.54. The van der Waals surface area contributed by atoms with Gasteiger partial charge in [-0.15, -0.1) is 0 Å². The van der Waals surface area contributed by atoms with Gasteiger partial charge in [0.2, 0.25) is 0 Å². The Labute approximate surface area is 109 Å². The zero-order valence-corrected chi connectivity index (χ0v) is 11.5. The van der Waals surface area contributed by atoms with E-state index >= 15 is 0 Å². The SMILES string of the molecule is COC1CCCC(Oc2cc(C)c(N)cc2C)C1. The Morgan fingerprint density at radius 1 is 1.11 bits per heavy atom. The van der Waals surface area contributed by atoms with Crippen LogP contribution in [0.3, 0.4) is 0 Å². The number of hydrogen-bond donors (Lipinski definition) is 1. The Hall–Kier alpha value is -1.22. The molecule has 2 rings (SSSR count). The Bertz CT molecular complexity index is 417. The Balaban J connectivity index is 2.07. The molecule has 3 heteroatoms. The highest BCUT2D eigenvalue weighted by molar-refractivity contribution is 5.53. The monoisotopic (exact) mass is 249 g/mol. The smallest absolute Gasteiger partial charge is 0.123 e. The zero-order valence-electron chi connectivity index (χ0n) is 11.5. The van der Waals surface area contributed by atoms with Crippen molar-refractivity contribution in [1.29, 1.82) is 0 Å². The van der Waals surface area contributed by atoms with Crippen molar-refractivity contribution in [2.24, 2.45) is 0 Å². The number of nitrogens with two attached hydrogens (primary N) is 1. The molecule has 0 spiro atoms. The summed E-state index contributed by atoms with van der Waals surface area (Å²) in [6.45, 7) is 4.06. The summed E-state index contributed by atoms with van der Waals surface area (Å²) in [5.74, 6) is 0.962. The van der Waals surface area contributed by atoms with E-state index in [1.165, 1.54) is 6.42 Å². The van der Waals surface area contributed by atoms with Crippen molar-refractivity contribution < 1.29 is 9.47 Å². The summed E-state index contributed by atoms with van der Waals surface area (Å²) in [6, 6.07) is 4.03. The van der Waals surface area contributed by atoms with Crippen LogP contribution in [-0.2, 0) is 4.74 Å². The van der Waals surface area contributed by atoms with Gasteiger partial charge in [0.05, 0.1) is 6.10 Å². The van der Waals surface area contributed by atoms with E-state index < -0.39 is 0 Å². The number of hydrogen-bond acceptors (Lipinski definition) is 3. The molecule has 1 fully saturated rings. The van der Waals surface area contributed by atoms with E-state index in [4.69, 9.17) is 15.2 Å². The van der Waals surface area contributed by atoms with E-state index in [0.29, 0.717) is 6.10 Å². The summed E-state index contributed by atoms with van der Waals surface area (Å²) in [4.78, 5) is 0. The number of anilines is 1. The van der Waals surface area contributed by atoms with Crippen LogP contribution in [0.2, 0.25) is 0 Å². The molecule has 0 aromatic heterocycles. The molecular weight excluding hydrogens is 226 g/mol. The number of methoxy groups -OCH3 is 1. The third-order valence-electron chi connectivity index (χ3n) is 3.77. The van der Waals surface area contributed by atoms with Crippen molar-refractivity contribution in [3.05, 3.63) is 23.3 Å². The molecule has 2 unspecified atom stereocenters. The van der Waals surface area contributed by atoms with Crippen LogP contribution >= 0.6 is 0 Å². The largest absolute Gasteiger partial charge is 0.490 e. The van der Waals surface area contributed by atoms with Gasteiger partial charge in [0, 0.05) is 19.2 Å². The maximum atomic E-state index is 6.12. The molecule has 100 valence electrons. The van der Waals surface area contributed by atoms with Gasteiger partial charge in [0.25, 0.3) is 0 Å². The summed E-state index contributed by atoms with van der Waals surface area (Å²) >= 11 is 0. The number of nitrogen functional groups attached to an aromatic ring is 1. The molecule has 0 bridgehead atoms. The van der Waals surface area contributed by atoms with Gasteiger partial charge in [0.15, 0.2) is 0 Å². The van der Waals surface area contributed by atoms with Gasteiger partial charge >= 0.3 is 0 Å². The average molecular weight is 249 g/mol. The fraction of sp³-hybridized carbons (Fsp3) is 0.600. The molecule has 0 amide bonds. The maximum Gasteiger partial charge on any atom is 0.123 e. The fourth-order valence-electron chi connectivity index (χ4n) is 2.54. The van der Waals surface area contributed by atoms with Gasteiger partial charge < -0.3 is 15.2 Å². The second-order valence-corrected chi connectivity index (χ2v) is 5.24. The van der Waals surface area contributed by atoms with Gasteiger partial charge in [-0.2, -0.15) is 0 Å². The van der Waals surface area contributed by atoms with E-state index in [9.17, 15) is 0 Å². The summed E-state index contributed by atoms with van der Waals surface area (Å²) < 4.78 is 11.6. The second-order valence-electron chi connectivity index (χ2n) is 5.24. The molecule has 0 aliphatic heterocycles. The first-order valence-electron chi connectivity index (χ1n) is 6.66. The van der Waals surface area contributed by atoms with E-state index in [-0.39, 0.29) is 6.10 Å². The number of aryl methyl sites for hydroxylation is 2. The lowest BCUT2D eigenvalue weighted by Gasteiger charge is -2.29. The van der Waals surface area contributed by atoms with E-state index in [1.807, 2.05) is 26.0 Å². The summed E-state index contributed by atoms with van der Waals surface area (Å²) in [6.07, 6.45) is 5.04. The standard InChI is InChI=1S/C15H23NO2/c1-10-8-15(11(2)7-14(10)16)18-13-6-4-5-12(9-13)17-3/h7-8,12-13H,4-6,9,16H2,1-3H3. The summed E-state index contributed by atoms with van der Waals surface area (Å²) in [5, 5.41) is 0. The third-order valence-corrected chi connectivity index (χ3v) is 3.77. The van der Waals surface area contributed by atoms with Gasteiger partial charge in [0.1, 0.15) is 11.9 Å². The molecular formula is C15H23NO2. The Kier molecular flexibility index (Phi) is 4.12. The van der Waals surface area contributed by atoms with Crippen molar-refractivity contribution in [3.63, 3.8) is 0 Å². The van der Waals surface area contributed by atoms with Crippen molar-refractivity contribution in [3.8, 4) is 5.75 Å². The van der Waals surface area contributed by atoms with Crippen molar-refractivity contribution in [2.45, 2.75) is 51.7 Å². The number of ether oxygens (including phenoxy) is 2. The normalized spacial score (nSPS) is 23.9. The Morgan fingerprint density at radius 3 is 2.56 bits per heavy atom. The first kappa shape index (κ1) is 13.2. The zero-order chi connectivity index (χ0) is 13.1. The molecule has 2 N–H and O–H groups in total. The predicted octanol–water partition coefficient (Wildman–Crippen LogP) is 3.22. The van der Waals surface area contributed by atoms with Crippen LogP contribution in [0.5, 0.6) is 5.75 Å². The molecule has 2 atom stereocenters. The number of rotatable bonds is 3. The second kappa shape index (κ2) is 5.61. The molecule has 18 heavy (non-hydrogen) atoms.